The molecule has 0 saturated carbocycles. The molecule has 7 heteroatoms. The van der Waals surface area contributed by atoms with Gasteiger partial charge >= 0.3 is 6.18 Å². The first-order chi connectivity index (χ1) is 10.8. The van der Waals surface area contributed by atoms with Crippen LogP contribution in [0.1, 0.15) is 11.1 Å². The molecule has 0 unspecified atom stereocenters. The van der Waals surface area contributed by atoms with E-state index in [1.165, 1.54) is 6.07 Å². The molecule has 3 nitrogen and oxygen atoms in total. The van der Waals surface area contributed by atoms with E-state index in [4.69, 9.17) is 11.6 Å². The van der Waals surface area contributed by atoms with Crippen LogP contribution in [0, 0.1) is 6.92 Å². The van der Waals surface area contributed by atoms with E-state index in [0.29, 0.717) is 0 Å². The zero-order valence-electron chi connectivity index (χ0n) is 12.2. The van der Waals surface area contributed by atoms with Gasteiger partial charge in [0.25, 0.3) is 0 Å². The number of hydrogen-bond acceptors (Lipinski definition) is 2. The Morgan fingerprint density at radius 1 is 1.13 bits per heavy atom. The molecule has 0 radical (unpaired) electrons. The van der Waals surface area contributed by atoms with Crippen molar-refractivity contribution in [1.29, 1.82) is 0 Å². The van der Waals surface area contributed by atoms with E-state index in [9.17, 15) is 18.0 Å². The molecule has 1 amide bonds. The lowest BCUT2D eigenvalue weighted by Crippen LogP contribution is -2.22. The van der Waals surface area contributed by atoms with Gasteiger partial charge in [0.05, 0.1) is 17.1 Å². The molecule has 0 aliphatic heterocycles. The molecule has 0 aliphatic rings. The summed E-state index contributed by atoms with van der Waals surface area (Å²) >= 11 is 5.53. The lowest BCUT2D eigenvalue weighted by atomic mass is 10.2. The molecule has 0 aliphatic carbocycles. The van der Waals surface area contributed by atoms with Crippen molar-refractivity contribution in [3.05, 3.63) is 58.6 Å². The van der Waals surface area contributed by atoms with Crippen molar-refractivity contribution in [2.24, 2.45) is 0 Å². The molecule has 0 saturated heterocycles. The number of halogens is 4. The highest BCUT2D eigenvalue weighted by atomic mass is 35.5. The van der Waals surface area contributed by atoms with Crippen LogP contribution in [-0.2, 0) is 11.0 Å². The summed E-state index contributed by atoms with van der Waals surface area (Å²) < 4.78 is 38.3. The Morgan fingerprint density at radius 3 is 2.52 bits per heavy atom. The molecule has 0 atom stereocenters. The van der Waals surface area contributed by atoms with Gasteiger partial charge in [-0.1, -0.05) is 23.7 Å². The summed E-state index contributed by atoms with van der Waals surface area (Å²) in [5.74, 6) is -0.457. The third-order valence-corrected chi connectivity index (χ3v) is 3.36. The largest absolute Gasteiger partial charge is 0.417 e. The van der Waals surface area contributed by atoms with E-state index >= 15 is 0 Å². The number of hydrogen-bond donors (Lipinski definition) is 2. The number of carbonyl (C=O) groups excluding carboxylic acids is 1. The van der Waals surface area contributed by atoms with E-state index in [1.807, 2.05) is 25.1 Å². The van der Waals surface area contributed by atoms with Crippen LogP contribution in [-0.4, -0.2) is 12.5 Å². The van der Waals surface area contributed by atoms with Crippen molar-refractivity contribution < 1.29 is 18.0 Å². The fraction of sp³-hybridized carbons (Fsp3) is 0.188. The van der Waals surface area contributed by atoms with Gasteiger partial charge in [-0.25, -0.2) is 0 Å². The summed E-state index contributed by atoms with van der Waals surface area (Å²) in [6.45, 7) is 1.85. The van der Waals surface area contributed by atoms with Gasteiger partial charge in [-0.3, -0.25) is 4.79 Å². The molecule has 23 heavy (non-hydrogen) atoms. The van der Waals surface area contributed by atoms with Crippen LogP contribution in [0.3, 0.4) is 0 Å². The molecule has 0 aromatic heterocycles. The smallest absolute Gasteiger partial charge is 0.376 e. The lowest BCUT2D eigenvalue weighted by Gasteiger charge is -2.12. The normalized spacial score (nSPS) is 11.2. The first-order valence-electron chi connectivity index (χ1n) is 6.73. The van der Waals surface area contributed by atoms with Crippen molar-refractivity contribution >= 4 is 28.9 Å². The van der Waals surface area contributed by atoms with Gasteiger partial charge in [-0.05, 0) is 42.8 Å². The Kier molecular flexibility index (Phi) is 5.15. The van der Waals surface area contributed by atoms with E-state index in [0.717, 1.165) is 23.4 Å². The van der Waals surface area contributed by atoms with Crippen molar-refractivity contribution in [2.75, 3.05) is 17.2 Å². The average molecular weight is 343 g/mol. The quantitative estimate of drug-likeness (QED) is 0.844. The zero-order chi connectivity index (χ0) is 17.0. The van der Waals surface area contributed by atoms with Crippen LogP contribution in [0.4, 0.5) is 24.5 Å². The molecule has 2 N–H and O–H groups in total. The molecule has 2 aromatic carbocycles. The van der Waals surface area contributed by atoms with Crippen LogP contribution in [0.25, 0.3) is 0 Å². The van der Waals surface area contributed by atoms with E-state index in [1.54, 1.807) is 6.07 Å². The number of carbonyl (C=O) groups is 1. The summed E-state index contributed by atoms with van der Waals surface area (Å²) in [7, 11) is 0. The standard InChI is InChI=1S/C16H14ClF3N2O/c1-10-3-2-4-11(7-10)21-9-15(23)22-12-5-6-14(17)13(8-12)16(18,19)20/h2-8,21H,9H2,1H3,(H,22,23). The maximum absolute atomic E-state index is 12.8. The van der Waals surface area contributed by atoms with Gasteiger partial charge in [-0.2, -0.15) is 13.2 Å². The summed E-state index contributed by atoms with van der Waals surface area (Å²) in [4.78, 5) is 11.8. The van der Waals surface area contributed by atoms with E-state index in [-0.39, 0.29) is 12.2 Å². The fourth-order valence-electron chi connectivity index (χ4n) is 1.96. The van der Waals surface area contributed by atoms with E-state index in [2.05, 4.69) is 10.6 Å². The maximum Gasteiger partial charge on any atom is 0.417 e. The predicted molar refractivity (Wildman–Crippen MR) is 84.8 cm³/mol. The molecular formula is C16H14ClF3N2O. The number of benzene rings is 2. The zero-order valence-corrected chi connectivity index (χ0v) is 12.9. The Bertz CT molecular complexity index is 717. The summed E-state index contributed by atoms with van der Waals surface area (Å²) in [5.41, 5.74) is 0.844. The monoisotopic (exact) mass is 342 g/mol. The van der Waals surface area contributed by atoms with Crippen molar-refractivity contribution in [1.82, 2.24) is 0 Å². The third kappa shape index (κ3) is 4.89. The van der Waals surface area contributed by atoms with Gasteiger partial charge in [0.2, 0.25) is 5.91 Å². The van der Waals surface area contributed by atoms with Crippen molar-refractivity contribution in [2.45, 2.75) is 13.1 Å². The minimum Gasteiger partial charge on any atom is -0.376 e. The molecule has 0 fully saturated rings. The second-order valence-electron chi connectivity index (χ2n) is 4.96. The Balaban J connectivity index is 2.00. The molecule has 2 rings (SSSR count). The molecular weight excluding hydrogens is 329 g/mol. The summed E-state index contributed by atoms with van der Waals surface area (Å²) in [6.07, 6.45) is -4.57. The second kappa shape index (κ2) is 6.91. The van der Waals surface area contributed by atoms with Crippen LogP contribution in [0.15, 0.2) is 42.5 Å². The number of aryl methyl sites for hydroxylation is 1. The predicted octanol–water partition coefficient (Wildman–Crippen LogP) is 4.72. The minimum atomic E-state index is -4.57. The molecule has 122 valence electrons. The SMILES string of the molecule is Cc1cccc(NCC(=O)Nc2ccc(Cl)c(C(F)(F)F)c2)c1. The van der Waals surface area contributed by atoms with Gasteiger partial charge < -0.3 is 10.6 Å². The van der Waals surface area contributed by atoms with Crippen LogP contribution < -0.4 is 10.6 Å². The molecule has 2 aromatic rings. The fourth-order valence-corrected chi connectivity index (χ4v) is 2.19. The Morgan fingerprint density at radius 2 is 1.87 bits per heavy atom. The number of amides is 1. The highest BCUT2D eigenvalue weighted by Crippen LogP contribution is 2.36. The Hall–Kier alpha value is -2.21. The molecule has 0 spiro atoms. The van der Waals surface area contributed by atoms with Gasteiger partial charge in [0, 0.05) is 11.4 Å². The highest BCUT2D eigenvalue weighted by molar-refractivity contribution is 6.31. The van der Waals surface area contributed by atoms with Crippen LogP contribution in [0.5, 0.6) is 0 Å². The van der Waals surface area contributed by atoms with Crippen LogP contribution >= 0.6 is 11.6 Å². The number of rotatable bonds is 4. The Labute approximate surface area is 136 Å². The van der Waals surface area contributed by atoms with Crippen molar-refractivity contribution in [3.8, 4) is 0 Å². The minimum absolute atomic E-state index is 0.0396. The highest BCUT2D eigenvalue weighted by Gasteiger charge is 2.33. The summed E-state index contributed by atoms with van der Waals surface area (Å²) in [5, 5.41) is 4.90. The topological polar surface area (TPSA) is 41.1 Å². The first-order valence-corrected chi connectivity index (χ1v) is 7.10. The van der Waals surface area contributed by atoms with Gasteiger partial charge in [-0.15, -0.1) is 0 Å². The lowest BCUT2D eigenvalue weighted by molar-refractivity contribution is -0.137. The third-order valence-electron chi connectivity index (χ3n) is 3.03. The second-order valence-corrected chi connectivity index (χ2v) is 5.37. The molecule has 0 bridgehead atoms. The van der Waals surface area contributed by atoms with Gasteiger partial charge in [0.15, 0.2) is 0 Å². The van der Waals surface area contributed by atoms with E-state index < -0.39 is 22.7 Å². The van der Waals surface area contributed by atoms with Crippen molar-refractivity contribution in [3.63, 3.8) is 0 Å². The number of alkyl halides is 3. The average Bonchev–Trinajstić information content (AvgIpc) is 2.46. The first kappa shape index (κ1) is 17.1. The van der Waals surface area contributed by atoms with Crippen LogP contribution in [0.2, 0.25) is 5.02 Å². The van der Waals surface area contributed by atoms with Gasteiger partial charge in [0.1, 0.15) is 0 Å². The summed E-state index contributed by atoms with van der Waals surface area (Å²) in [6, 6.07) is 10.6. The maximum atomic E-state index is 12.8. The molecule has 0 heterocycles. The number of nitrogens with one attached hydrogen (secondary N) is 2. The number of anilines is 2.